The van der Waals surface area contributed by atoms with Gasteiger partial charge in [0.05, 0.1) is 0 Å². The first-order valence-electron chi connectivity index (χ1n) is 5.75. The van der Waals surface area contributed by atoms with Crippen molar-refractivity contribution in [1.82, 2.24) is 0 Å². The molecule has 0 amide bonds. The summed E-state index contributed by atoms with van der Waals surface area (Å²) in [4.78, 5) is 2.29. The molecule has 0 heterocycles. The molecule has 90 valence electrons. The molecule has 3 heteroatoms. The fourth-order valence-corrected chi connectivity index (χ4v) is 2.17. The molecule has 0 aliphatic carbocycles. The molecule has 1 unspecified atom stereocenters. The summed E-state index contributed by atoms with van der Waals surface area (Å²) in [5, 5.41) is 0. The zero-order chi connectivity index (χ0) is 12.0. The molecule has 0 aliphatic rings. The molecule has 1 aromatic carbocycles. The molecular formula is C13H22N2S. The minimum Gasteiger partial charge on any atom is -0.373 e. The van der Waals surface area contributed by atoms with Gasteiger partial charge in [-0.05, 0) is 24.3 Å². The van der Waals surface area contributed by atoms with E-state index in [1.165, 1.54) is 11.3 Å². The minimum atomic E-state index is 0.146. The van der Waals surface area contributed by atoms with Crippen LogP contribution >= 0.6 is 11.8 Å². The van der Waals surface area contributed by atoms with Gasteiger partial charge < -0.3 is 10.6 Å². The second-order valence-electron chi connectivity index (χ2n) is 3.99. The maximum absolute atomic E-state index is 6.13. The highest BCUT2D eigenvalue weighted by Crippen LogP contribution is 2.25. The maximum Gasteiger partial charge on any atom is 0.0412 e. The molecule has 0 aromatic heterocycles. The van der Waals surface area contributed by atoms with Crippen LogP contribution in [0.3, 0.4) is 0 Å². The first kappa shape index (κ1) is 13.4. The Labute approximate surface area is 103 Å². The van der Waals surface area contributed by atoms with Gasteiger partial charge in [0.2, 0.25) is 0 Å². The highest BCUT2D eigenvalue weighted by molar-refractivity contribution is 7.98. The third-order valence-electron chi connectivity index (χ3n) is 2.82. The standard InChI is InChI=1S/C13H22N2S/c1-4-12(14)11-7-5-6-8-13(11)15(2)9-10-16-3/h5-8,12H,4,9-10,14H2,1-3H3. The molecule has 0 saturated heterocycles. The molecule has 0 fully saturated rings. The van der Waals surface area contributed by atoms with Crippen LogP contribution in [0.15, 0.2) is 24.3 Å². The molecule has 1 rings (SSSR count). The second-order valence-corrected chi connectivity index (χ2v) is 4.97. The minimum absolute atomic E-state index is 0.146. The van der Waals surface area contributed by atoms with Gasteiger partial charge in [0.1, 0.15) is 0 Å². The van der Waals surface area contributed by atoms with Crippen LogP contribution in [-0.2, 0) is 0 Å². The third-order valence-corrected chi connectivity index (χ3v) is 3.41. The molecule has 16 heavy (non-hydrogen) atoms. The lowest BCUT2D eigenvalue weighted by atomic mass is 10.0. The van der Waals surface area contributed by atoms with Crippen molar-refractivity contribution < 1.29 is 0 Å². The largest absolute Gasteiger partial charge is 0.373 e. The van der Waals surface area contributed by atoms with E-state index in [1.807, 2.05) is 11.8 Å². The van der Waals surface area contributed by atoms with Gasteiger partial charge in [-0.15, -0.1) is 0 Å². The van der Waals surface area contributed by atoms with Gasteiger partial charge >= 0.3 is 0 Å². The Bertz CT molecular complexity index is 315. The number of thioether (sulfide) groups is 1. The maximum atomic E-state index is 6.13. The van der Waals surface area contributed by atoms with Gasteiger partial charge in [-0.2, -0.15) is 11.8 Å². The molecular weight excluding hydrogens is 216 g/mol. The molecule has 0 bridgehead atoms. The summed E-state index contributed by atoms with van der Waals surface area (Å²) < 4.78 is 0. The van der Waals surface area contributed by atoms with E-state index < -0.39 is 0 Å². The highest BCUT2D eigenvalue weighted by atomic mass is 32.2. The van der Waals surface area contributed by atoms with Crippen molar-refractivity contribution in [2.75, 3.05) is 30.5 Å². The molecule has 1 aromatic rings. The van der Waals surface area contributed by atoms with Gasteiger partial charge in [-0.25, -0.2) is 0 Å². The predicted octanol–water partition coefficient (Wildman–Crippen LogP) is 2.90. The van der Waals surface area contributed by atoms with E-state index >= 15 is 0 Å². The van der Waals surface area contributed by atoms with Gasteiger partial charge in [-0.1, -0.05) is 25.1 Å². The zero-order valence-electron chi connectivity index (χ0n) is 10.4. The molecule has 0 saturated carbocycles. The number of nitrogens with zero attached hydrogens (tertiary/aromatic N) is 1. The Morgan fingerprint density at radius 2 is 2.06 bits per heavy atom. The third kappa shape index (κ3) is 3.42. The van der Waals surface area contributed by atoms with Crippen LogP contribution in [0.4, 0.5) is 5.69 Å². The number of para-hydroxylation sites is 1. The first-order chi connectivity index (χ1) is 7.70. The van der Waals surface area contributed by atoms with Crippen molar-refractivity contribution in [1.29, 1.82) is 0 Å². The zero-order valence-corrected chi connectivity index (χ0v) is 11.3. The van der Waals surface area contributed by atoms with Gasteiger partial charge in [-0.3, -0.25) is 0 Å². The quantitative estimate of drug-likeness (QED) is 0.826. The lowest BCUT2D eigenvalue weighted by Crippen LogP contribution is -2.23. The van der Waals surface area contributed by atoms with Crippen molar-refractivity contribution >= 4 is 17.4 Å². The number of rotatable bonds is 6. The summed E-state index contributed by atoms with van der Waals surface area (Å²) in [7, 11) is 2.14. The van der Waals surface area contributed by atoms with E-state index in [4.69, 9.17) is 5.73 Å². The monoisotopic (exact) mass is 238 g/mol. The van der Waals surface area contributed by atoms with Gasteiger partial charge in [0.25, 0.3) is 0 Å². The number of nitrogens with two attached hydrogens (primary N) is 1. The fraction of sp³-hybridized carbons (Fsp3) is 0.538. The van der Waals surface area contributed by atoms with Crippen LogP contribution in [0.25, 0.3) is 0 Å². The lowest BCUT2D eigenvalue weighted by Gasteiger charge is -2.24. The van der Waals surface area contributed by atoms with Crippen molar-refractivity contribution in [3.05, 3.63) is 29.8 Å². The molecule has 0 radical (unpaired) electrons. The van der Waals surface area contributed by atoms with Crippen molar-refractivity contribution in [2.24, 2.45) is 5.73 Å². The van der Waals surface area contributed by atoms with Crippen LogP contribution in [0.1, 0.15) is 24.9 Å². The first-order valence-corrected chi connectivity index (χ1v) is 7.14. The summed E-state index contributed by atoms with van der Waals surface area (Å²) >= 11 is 1.87. The summed E-state index contributed by atoms with van der Waals surface area (Å²) in [5.41, 5.74) is 8.66. The molecule has 2 nitrogen and oxygen atoms in total. The van der Waals surface area contributed by atoms with Crippen LogP contribution in [0.5, 0.6) is 0 Å². The van der Waals surface area contributed by atoms with Gasteiger partial charge in [0.15, 0.2) is 0 Å². The van der Waals surface area contributed by atoms with E-state index in [0.29, 0.717) is 0 Å². The Morgan fingerprint density at radius 1 is 1.38 bits per heavy atom. The van der Waals surface area contributed by atoms with Crippen molar-refractivity contribution in [2.45, 2.75) is 19.4 Å². The summed E-state index contributed by atoms with van der Waals surface area (Å²) in [6.07, 6.45) is 3.12. The number of benzene rings is 1. The average molecular weight is 238 g/mol. The van der Waals surface area contributed by atoms with Crippen LogP contribution in [0.2, 0.25) is 0 Å². The Morgan fingerprint density at radius 3 is 2.69 bits per heavy atom. The van der Waals surface area contributed by atoms with Gasteiger partial charge in [0, 0.05) is 31.1 Å². The number of hydrogen-bond acceptors (Lipinski definition) is 3. The van der Waals surface area contributed by atoms with E-state index in [0.717, 1.165) is 18.7 Å². The van der Waals surface area contributed by atoms with Crippen LogP contribution in [0, 0.1) is 0 Å². The summed E-state index contributed by atoms with van der Waals surface area (Å²) in [6.45, 7) is 3.19. The summed E-state index contributed by atoms with van der Waals surface area (Å²) in [5.74, 6) is 1.15. The fourth-order valence-electron chi connectivity index (χ4n) is 1.72. The summed E-state index contributed by atoms with van der Waals surface area (Å²) in [6, 6.07) is 8.59. The smallest absolute Gasteiger partial charge is 0.0412 e. The van der Waals surface area contributed by atoms with Crippen LogP contribution < -0.4 is 10.6 Å². The molecule has 1 atom stereocenters. The van der Waals surface area contributed by atoms with E-state index in [-0.39, 0.29) is 6.04 Å². The molecule has 2 N–H and O–H groups in total. The highest BCUT2D eigenvalue weighted by Gasteiger charge is 2.11. The average Bonchev–Trinajstić information content (AvgIpc) is 2.35. The second kappa shape index (κ2) is 6.81. The number of hydrogen-bond donors (Lipinski definition) is 1. The van der Waals surface area contributed by atoms with Crippen LogP contribution in [-0.4, -0.2) is 25.6 Å². The van der Waals surface area contributed by atoms with E-state index in [9.17, 15) is 0 Å². The normalized spacial score (nSPS) is 12.5. The lowest BCUT2D eigenvalue weighted by molar-refractivity contribution is 0.695. The van der Waals surface area contributed by atoms with E-state index in [1.54, 1.807) is 0 Å². The molecule has 0 aliphatic heterocycles. The predicted molar refractivity (Wildman–Crippen MR) is 75.3 cm³/mol. The van der Waals surface area contributed by atoms with E-state index in [2.05, 4.69) is 49.4 Å². The van der Waals surface area contributed by atoms with Crippen molar-refractivity contribution in [3.8, 4) is 0 Å². The van der Waals surface area contributed by atoms with Crippen molar-refractivity contribution in [3.63, 3.8) is 0 Å². The SMILES string of the molecule is CCC(N)c1ccccc1N(C)CCSC. The Hall–Kier alpha value is -0.670. The Balaban J connectivity index is 2.85. The number of anilines is 1. The molecule has 0 spiro atoms. The Kier molecular flexibility index (Phi) is 5.71. The topological polar surface area (TPSA) is 29.3 Å².